The maximum atomic E-state index is 12.1. The molecule has 0 aliphatic heterocycles. The number of carbonyl (C=O) groups is 2. The molecule has 0 aliphatic rings. The number of thiazole rings is 2. The van der Waals surface area contributed by atoms with E-state index < -0.39 is 18.0 Å². The Hall–Kier alpha value is -1.90. The van der Waals surface area contributed by atoms with Gasteiger partial charge in [0.05, 0.1) is 23.9 Å². The molecule has 0 unspecified atom stereocenters. The molecule has 0 spiro atoms. The van der Waals surface area contributed by atoms with E-state index in [0.29, 0.717) is 5.92 Å². The number of hydrogen-bond donors (Lipinski definition) is 0. The van der Waals surface area contributed by atoms with Gasteiger partial charge in [0.15, 0.2) is 0 Å². The molecule has 8 heteroatoms. The third-order valence-corrected chi connectivity index (χ3v) is 6.06. The summed E-state index contributed by atoms with van der Waals surface area (Å²) >= 11 is 3.17. The number of carbonyl (C=O) groups excluding carboxylic acids is 2. The molecule has 0 aromatic carbocycles. The molecule has 2 heterocycles. The summed E-state index contributed by atoms with van der Waals surface area (Å²) in [5.74, 6) is -0.829. The zero-order chi connectivity index (χ0) is 20.0. The van der Waals surface area contributed by atoms with Gasteiger partial charge < -0.3 is 9.47 Å². The summed E-state index contributed by atoms with van der Waals surface area (Å²) in [6, 6.07) is 0. The van der Waals surface area contributed by atoms with E-state index in [9.17, 15) is 9.59 Å². The van der Waals surface area contributed by atoms with Gasteiger partial charge in [0, 0.05) is 29.7 Å². The molecule has 0 bridgehead atoms. The molecule has 2 aromatic rings. The number of esters is 1. The van der Waals surface area contributed by atoms with Gasteiger partial charge in [0.25, 0.3) is 0 Å². The van der Waals surface area contributed by atoms with Crippen LogP contribution in [0.3, 0.4) is 0 Å². The third kappa shape index (κ3) is 5.79. The monoisotopic (exact) mass is 408 g/mol. The highest BCUT2D eigenvalue weighted by atomic mass is 32.1. The van der Waals surface area contributed by atoms with Gasteiger partial charge in [-0.1, -0.05) is 26.8 Å². The van der Waals surface area contributed by atoms with Crippen molar-refractivity contribution >= 4 is 40.5 Å². The van der Waals surface area contributed by atoms with Crippen LogP contribution in [0.15, 0.2) is 16.8 Å². The van der Waals surface area contributed by atoms with Gasteiger partial charge >= 0.3 is 5.97 Å². The number of hydrogen-bond acceptors (Lipinski definition) is 8. The molecule has 0 radical (unpaired) electrons. The Morgan fingerprint density at radius 1 is 1.15 bits per heavy atom. The second-order valence-electron chi connectivity index (χ2n) is 6.37. The normalized spacial score (nSPS) is 13.9. The van der Waals surface area contributed by atoms with Crippen LogP contribution in [0.4, 0.5) is 0 Å². The molecule has 0 saturated heterocycles. The molecule has 0 N–H and O–H groups in total. The number of ketones is 1. The zero-order valence-electron chi connectivity index (χ0n) is 16.1. The van der Waals surface area contributed by atoms with Crippen molar-refractivity contribution in [3.8, 4) is 10.7 Å². The van der Waals surface area contributed by atoms with Crippen molar-refractivity contribution < 1.29 is 19.1 Å². The van der Waals surface area contributed by atoms with Gasteiger partial charge in [-0.15, -0.1) is 22.7 Å². The van der Waals surface area contributed by atoms with Gasteiger partial charge in [-0.3, -0.25) is 9.59 Å². The molecule has 146 valence electrons. The summed E-state index contributed by atoms with van der Waals surface area (Å²) in [7, 11) is 2.80. The molecular weight excluding hydrogens is 384 g/mol. The SMILES string of the molecule is COC(=O)CC(=O)[C@H](C)[C@H](/C=C/c1csc(-c2csc(C(C)C)n2)n1)OC. The molecule has 2 atom stereocenters. The predicted molar refractivity (Wildman–Crippen MR) is 108 cm³/mol. The molecular formula is C19H24N2O4S2. The van der Waals surface area contributed by atoms with Crippen molar-refractivity contribution in [3.05, 3.63) is 27.5 Å². The standard InChI is InChI=1S/C19H24N2O4S2/c1-11(2)18-21-14(10-27-18)19-20-13(9-26-19)6-7-16(24-4)12(3)15(22)8-17(23)25-5/h6-7,9-12,16H,8H2,1-5H3/b7-6+/t12-,16-/m0/s1. The number of Topliss-reactive ketones (excluding diaryl/α,β-unsaturated/α-hetero) is 1. The van der Waals surface area contributed by atoms with Crippen LogP contribution in [-0.2, 0) is 19.1 Å². The lowest BCUT2D eigenvalue weighted by atomic mass is 9.96. The maximum Gasteiger partial charge on any atom is 0.313 e. The lowest BCUT2D eigenvalue weighted by Crippen LogP contribution is -2.27. The largest absolute Gasteiger partial charge is 0.469 e. The molecule has 2 aromatic heterocycles. The third-order valence-electron chi connectivity index (χ3n) is 4.03. The van der Waals surface area contributed by atoms with Gasteiger partial charge in [-0.25, -0.2) is 9.97 Å². The van der Waals surface area contributed by atoms with Crippen LogP contribution in [0, 0.1) is 5.92 Å². The predicted octanol–water partition coefficient (Wildman–Crippen LogP) is 4.19. The Morgan fingerprint density at radius 3 is 2.48 bits per heavy atom. The van der Waals surface area contributed by atoms with Crippen LogP contribution < -0.4 is 0 Å². The number of nitrogens with zero attached hydrogens (tertiary/aromatic N) is 2. The highest BCUT2D eigenvalue weighted by Gasteiger charge is 2.24. The summed E-state index contributed by atoms with van der Waals surface area (Å²) < 4.78 is 9.94. The molecule has 0 saturated carbocycles. The van der Waals surface area contributed by atoms with Gasteiger partial charge in [-0.2, -0.15) is 0 Å². The Morgan fingerprint density at radius 2 is 1.89 bits per heavy atom. The fourth-order valence-corrected chi connectivity index (χ4v) is 3.97. The molecule has 0 fully saturated rings. The van der Waals surface area contributed by atoms with Crippen molar-refractivity contribution in [3.63, 3.8) is 0 Å². The molecule has 2 rings (SSSR count). The number of rotatable bonds is 9. The smallest absolute Gasteiger partial charge is 0.313 e. The van der Waals surface area contributed by atoms with Crippen molar-refractivity contribution in [2.24, 2.45) is 5.92 Å². The first-order chi connectivity index (χ1) is 12.8. The summed E-state index contributed by atoms with van der Waals surface area (Å²) in [5, 5.41) is 5.91. The second kappa shape index (κ2) is 9.87. The van der Waals surface area contributed by atoms with Crippen molar-refractivity contribution in [2.45, 2.75) is 39.2 Å². The van der Waals surface area contributed by atoms with Crippen LogP contribution in [0.2, 0.25) is 0 Å². The van der Waals surface area contributed by atoms with E-state index in [1.807, 2.05) is 16.8 Å². The molecule has 0 aliphatic carbocycles. The number of ether oxygens (including phenoxy) is 2. The van der Waals surface area contributed by atoms with E-state index in [1.54, 1.807) is 24.3 Å². The average Bonchev–Trinajstić information content (AvgIpc) is 3.31. The fourth-order valence-electron chi connectivity index (χ4n) is 2.33. The zero-order valence-corrected chi connectivity index (χ0v) is 17.7. The molecule has 0 amide bonds. The summed E-state index contributed by atoms with van der Waals surface area (Å²) in [6.45, 7) is 5.97. The summed E-state index contributed by atoms with van der Waals surface area (Å²) in [6.07, 6.45) is 2.92. The van der Waals surface area contributed by atoms with E-state index >= 15 is 0 Å². The van der Waals surface area contributed by atoms with Crippen molar-refractivity contribution in [2.75, 3.05) is 14.2 Å². The average molecular weight is 409 g/mol. The number of aromatic nitrogens is 2. The summed E-state index contributed by atoms with van der Waals surface area (Å²) in [5.41, 5.74) is 1.67. The lowest BCUT2D eigenvalue weighted by molar-refractivity contribution is -0.144. The minimum Gasteiger partial charge on any atom is -0.469 e. The van der Waals surface area contributed by atoms with E-state index in [1.165, 1.54) is 25.6 Å². The van der Waals surface area contributed by atoms with Crippen LogP contribution in [0.25, 0.3) is 16.8 Å². The first-order valence-corrected chi connectivity index (χ1v) is 10.3. The van der Waals surface area contributed by atoms with Gasteiger partial charge in [-0.05, 0) is 6.08 Å². The van der Waals surface area contributed by atoms with Crippen LogP contribution in [0.1, 0.15) is 43.8 Å². The molecule has 6 nitrogen and oxygen atoms in total. The van der Waals surface area contributed by atoms with Gasteiger partial charge in [0.2, 0.25) is 0 Å². The first-order valence-electron chi connectivity index (χ1n) is 8.57. The minimum absolute atomic E-state index is 0.221. The van der Waals surface area contributed by atoms with Crippen LogP contribution >= 0.6 is 22.7 Å². The van der Waals surface area contributed by atoms with Crippen LogP contribution in [-0.4, -0.2) is 42.0 Å². The quantitative estimate of drug-likeness (QED) is 0.457. The second-order valence-corrected chi connectivity index (χ2v) is 8.12. The Kier molecular flexibility index (Phi) is 7.82. The first kappa shape index (κ1) is 21.4. The number of methoxy groups -OCH3 is 2. The Balaban J connectivity index is 2.06. The van der Waals surface area contributed by atoms with E-state index in [0.717, 1.165) is 21.4 Å². The van der Waals surface area contributed by atoms with Crippen molar-refractivity contribution in [1.29, 1.82) is 0 Å². The maximum absolute atomic E-state index is 12.1. The Bertz CT molecular complexity index is 810. The van der Waals surface area contributed by atoms with Crippen LogP contribution in [0.5, 0.6) is 0 Å². The fraction of sp³-hybridized carbons (Fsp3) is 0.474. The van der Waals surface area contributed by atoms with E-state index in [2.05, 4.69) is 28.6 Å². The van der Waals surface area contributed by atoms with Crippen molar-refractivity contribution in [1.82, 2.24) is 9.97 Å². The minimum atomic E-state index is -0.543. The van der Waals surface area contributed by atoms with E-state index in [4.69, 9.17) is 4.74 Å². The van der Waals surface area contributed by atoms with E-state index in [-0.39, 0.29) is 12.2 Å². The Labute approximate surface area is 167 Å². The summed E-state index contributed by atoms with van der Waals surface area (Å²) in [4.78, 5) is 32.6. The highest BCUT2D eigenvalue weighted by molar-refractivity contribution is 7.14. The lowest BCUT2D eigenvalue weighted by Gasteiger charge is -2.17. The highest BCUT2D eigenvalue weighted by Crippen LogP contribution is 2.28. The topological polar surface area (TPSA) is 78.4 Å². The van der Waals surface area contributed by atoms with Gasteiger partial charge in [0.1, 0.15) is 22.9 Å². The molecule has 27 heavy (non-hydrogen) atoms.